The first-order valence-corrected chi connectivity index (χ1v) is 7.05. The Kier molecular flexibility index (Phi) is 4.17. The molecule has 94 valence electrons. The molecular formula is C14H10Br2F2. The maximum Gasteiger partial charge on any atom is 0.137 e. The van der Waals surface area contributed by atoms with Crippen LogP contribution in [0.1, 0.15) is 21.5 Å². The van der Waals surface area contributed by atoms with Gasteiger partial charge < -0.3 is 0 Å². The van der Waals surface area contributed by atoms with Gasteiger partial charge in [0.1, 0.15) is 11.6 Å². The molecule has 0 saturated carbocycles. The topological polar surface area (TPSA) is 0 Å². The Balaban J connectivity index is 2.37. The molecule has 0 aliphatic heterocycles. The molecule has 0 N–H and O–H groups in total. The Morgan fingerprint density at radius 2 is 1.56 bits per heavy atom. The van der Waals surface area contributed by atoms with E-state index < -0.39 is 0 Å². The molecule has 2 rings (SSSR count). The summed E-state index contributed by atoms with van der Waals surface area (Å²) in [6, 6.07) is 9.83. The van der Waals surface area contributed by atoms with Gasteiger partial charge in [0.2, 0.25) is 0 Å². The van der Waals surface area contributed by atoms with Crippen molar-refractivity contribution < 1.29 is 8.78 Å². The van der Waals surface area contributed by atoms with Crippen LogP contribution in [0.3, 0.4) is 0 Å². The maximum atomic E-state index is 13.5. The molecule has 0 spiro atoms. The molecule has 1 atom stereocenters. The standard InChI is InChI=1S/C14H10Br2F2/c1-8-2-3-10(7-13(8)18)14(16)9-4-5-12(17)11(15)6-9/h2-7,14H,1H3. The molecule has 18 heavy (non-hydrogen) atoms. The number of aryl methyl sites for hydroxylation is 1. The highest BCUT2D eigenvalue weighted by Crippen LogP contribution is 2.33. The Morgan fingerprint density at radius 3 is 2.17 bits per heavy atom. The number of halogens is 4. The van der Waals surface area contributed by atoms with Crippen LogP contribution in [-0.4, -0.2) is 0 Å². The predicted molar refractivity (Wildman–Crippen MR) is 76.0 cm³/mol. The van der Waals surface area contributed by atoms with Crippen LogP contribution < -0.4 is 0 Å². The average Bonchev–Trinajstić information content (AvgIpc) is 2.35. The zero-order chi connectivity index (χ0) is 13.3. The van der Waals surface area contributed by atoms with E-state index in [9.17, 15) is 8.78 Å². The van der Waals surface area contributed by atoms with Crippen molar-refractivity contribution in [2.24, 2.45) is 0 Å². The average molecular weight is 376 g/mol. The normalized spacial score (nSPS) is 12.5. The zero-order valence-corrected chi connectivity index (χ0v) is 12.7. The van der Waals surface area contributed by atoms with Crippen LogP contribution in [0.5, 0.6) is 0 Å². The molecule has 0 aromatic heterocycles. The Labute approximate surface area is 121 Å². The summed E-state index contributed by atoms with van der Waals surface area (Å²) in [4.78, 5) is -0.163. The van der Waals surface area contributed by atoms with Crippen LogP contribution in [0.25, 0.3) is 0 Å². The second-order valence-electron chi connectivity index (χ2n) is 4.04. The van der Waals surface area contributed by atoms with Gasteiger partial charge in [-0.1, -0.05) is 34.1 Å². The monoisotopic (exact) mass is 374 g/mol. The van der Waals surface area contributed by atoms with E-state index in [-0.39, 0.29) is 16.5 Å². The summed E-state index contributed by atoms with van der Waals surface area (Å²) in [6.07, 6.45) is 0. The summed E-state index contributed by atoms with van der Waals surface area (Å²) in [5.41, 5.74) is 2.28. The summed E-state index contributed by atoms with van der Waals surface area (Å²) in [6.45, 7) is 1.72. The van der Waals surface area contributed by atoms with E-state index in [1.807, 2.05) is 6.07 Å². The lowest BCUT2D eigenvalue weighted by Crippen LogP contribution is -1.95. The van der Waals surface area contributed by atoms with Gasteiger partial charge >= 0.3 is 0 Å². The Bertz CT molecular complexity index is 531. The lowest BCUT2D eigenvalue weighted by atomic mass is 10.0. The highest BCUT2D eigenvalue weighted by molar-refractivity contribution is 9.10. The lowest BCUT2D eigenvalue weighted by molar-refractivity contribution is 0.616. The predicted octanol–water partition coefficient (Wildman–Crippen LogP) is 5.52. The number of hydrogen-bond acceptors (Lipinski definition) is 0. The second-order valence-corrected chi connectivity index (χ2v) is 5.81. The van der Waals surface area contributed by atoms with Crippen molar-refractivity contribution >= 4 is 31.9 Å². The van der Waals surface area contributed by atoms with Gasteiger partial charge in [0.25, 0.3) is 0 Å². The van der Waals surface area contributed by atoms with Gasteiger partial charge in [-0.2, -0.15) is 0 Å². The molecule has 1 unspecified atom stereocenters. The molecule has 4 heteroatoms. The van der Waals surface area contributed by atoms with Gasteiger partial charge in [-0.3, -0.25) is 0 Å². The van der Waals surface area contributed by atoms with E-state index in [1.54, 1.807) is 25.1 Å². The Morgan fingerprint density at radius 1 is 0.944 bits per heavy atom. The highest BCUT2D eigenvalue weighted by atomic mass is 79.9. The fourth-order valence-electron chi connectivity index (χ4n) is 1.63. The van der Waals surface area contributed by atoms with Crippen molar-refractivity contribution in [2.45, 2.75) is 11.8 Å². The summed E-state index contributed by atoms with van der Waals surface area (Å²) in [5, 5.41) is 0. The SMILES string of the molecule is Cc1ccc(C(Br)c2ccc(F)c(Br)c2)cc1F. The summed E-state index contributed by atoms with van der Waals surface area (Å²) in [5.74, 6) is -0.549. The summed E-state index contributed by atoms with van der Waals surface area (Å²) < 4.78 is 27.1. The number of benzene rings is 2. The van der Waals surface area contributed by atoms with Gasteiger partial charge in [-0.15, -0.1) is 0 Å². The molecule has 0 amide bonds. The molecule has 0 nitrogen and oxygen atoms in total. The highest BCUT2D eigenvalue weighted by Gasteiger charge is 2.13. The first-order chi connectivity index (χ1) is 8.49. The molecule has 0 fully saturated rings. The van der Waals surface area contributed by atoms with Crippen LogP contribution in [0, 0.1) is 18.6 Å². The van der Waals surface area contributed by atoms with E-state index in [0.29, 0.717) is 10.0 Å². The fourth-order valence-corrected chi connectivity index (χ4v) is 2.60. The molecule has 0 radical (unpaired) electrons. The maximum absolute atomic E-state index is 13.5. The molecular weight excluding hydrogens is 366 g/mol. The van der Waals surface area contributed by atoms with E-state index >= 15 is 0 Å². The van der Waals surface area contributed by atoms with E-state index in [4.69, 9.17) is 0 Å². The van der Waals surface area contributed by atoms with Crippen molar-refractivity contribution in [3.8, 4) is 0 Å². The van der Waals surface area contributed by atoms with Crippen molar-refractivity contribution in [3.05, 3.63) is 69.2 Å². The molecule has 0 saturated heterocycles. The Hall–Kier alpha value is -0.740. The first-order valence-electron chi connectivity index (χ1n) is 5.34. The summed E-state index contributed by atoms with van der Waals surface area (Å²) >= 11 is 6.64. The van der Waals surface area contributed by atoms with Gasteiger partial charge in [-0.05, 0) is 57.7 Å². The minimum absolute atomic E-state index is 0.163. The van der Waals surface area contributed by atoms with Gasteiger partial charge in [-0.25, -0.2) is 8.78 Å². The van der Waals surface area contributed by atoms with Crippen molar-refractivity contribution in [2.75, 3.05) is 0 Å². The molecule has 0 aliphatic rings. The number of hydrogen-bond donors (Lipinski definition) is 0. The smallest absolute Gasteiger partial charge is 0.137 e. The largest absolute Gasteiger partial charge is 0.207 e. The van der Waals surface area contributed by atoms with Crippen LogP contribution in [-0.2, 0) is 0 Å². The van der Waals surface area contributed by atoms with Gasteiger partial charge in [0.15, 0.2) is 0 Å². The van der Waals surface area contributed by atoms with Crippen molar-refractivity contribution in [3.63, 3.8) is 0 Å². The zero-order valence-electron chi connectivity index (χ0n) is 9.55. The molecule has 0 bridgehead atoms. The molecule has 2 aromatic carbocycles. The van der Waals surface area contributed by atoms with Crippen molar-refractivity contribution in [1.82, 2.24) is 0 Å². The van der Waals surface area contributed by atoms with Crippen LogP contribution in [0.4, 0.5) is 8.78 Å². The fraction of sp³-hybridized carbons (Fsp3) is 0.143. The van der Waals surface area contributed by atoms with Gasteiger partial charge in [0.05, 0.1) is 9.30 Å². The second kappa shape index (κ2) is 5.49. The van der Waals surface area contributed by atoms with Crippen LogP contribution >= 0.6 is 31.9 Å². The van der Waals surface area contributed by atoms with Gasteiger partial charge in [0, 0.05) is 0 Å². The van der Waals surface area contributed by atoms with E-state index in [2.05, 4.69) is 31.9 Å². The number of rotatable bonds is 2. The van der Waals surface area contributed by atoms with Crippen LogP contribution in [0.2, 0.25) is 0 Å². The quantitative estimate of drug-likeness (QED) is 0.606. The lowest BCUT2D eigenvalue weighted by Gasteiger charge is -2.12. The molecule has 2 aromatic rings. The summed E-state index contributed by atoms with van der Waals surface area (Å²) in [7, 11) is 0. The minimum atomic E-state index is -0.312. The first kappa shape index (κ1) is 13.7. The van der Waals surface area contributed by atoms with Crippen molar-refractivity contribution in [1.29, 1.82) is 0 Å². The van der Waals surface area contributed by atoms with E-state index in [0.717, 1.165) is 11.1 Å². The minimum Gasteiger partial charge on any atom is -0.207 e. The molecule has 0 heterocycles. The third kappa shape index (κ3) is 2.81. The van der Waals surface area contributed by atoms with Crippen LogP contribution in [0.15, 0.2) is 40.9 Å². The van der Waals surface area contributed by atoms with E-state index in [1.165, 1.54) is 12.1 Å². The third-order valence-electron chi connectivity index (χ3n) is 2.72. The number of alkyl halides is 1. The molecule has 0 aliphatic carbocycles. The third-order valence-corrected chi connectivity index (χ3v) is 4.39.